The van der Waals surface area contributed by atoms with Crippen molar-refractivity contribution in [1.29, 1.82) is 0 Å². The molecule has 1 rings (SSSR count). The Kier molecular flexibility index (Phi) is 4.95. The Bertz CT molecular complexity index is 406. The average Bonchev–Trinajstić information content (AvgIpc) is 2.26. The lowest BCUT2D eigenvalue weighted by Crippen LogP contribution is -2.28. The molecule has 0 fully saturated rings. The van der Waals surface area contributed by atoms with Gasteiger partial charge in [0, 0.05) is 27.2 Å². The standard InChI is InChI=1S/C10H16BrN3O2/c1-4-16-6-5-13(2)8-7-12-14(3)10(15)9(8)11/h7H,4-6H2,1-3H3. The number of rotatable bonds is 5. The predicted octanol–water partition coefficient (Wildman–Crippen LogP) is 1.02. The van der Waals surface area contributed by atoms with Gasteiger partial charge in [0.25, 0.3) is 5.56 Å². The summed E-state index contributed by atoms with van der Waals surface area (Å²) in [7, 11) is 3.53. The maximum atomic E-state index is 11.6. The number of hydrogen-bond donors (Lipinski definition) is 0. The molecule has 0 unspecified atom stereocenters. The van der Waals surface area contributed by atoms with E-state index in [1.165, 1.54) is 4.68 Å². The van der Waals surface area contributed by atoms with Crippen LogP contribution in [0.25, 0.3) is 0 Å². The van der Waals surface area contributed by atoms with E-state index in [1.54, 1.807) is 13.2 Å². The van der Waals surface area contributed by atoms with Crippen LogP contribution in [0.1, 0.15) is 6.92 Å². The molecule has 0 bridgehead atoms. The first-order chi connectivity index (χ1) is 7.57. The molecular formula is C10H16BrN3O2. The van der Waals surface area contributed by atoms with Crippen molar-refractivity contribution in [2.24, 2.45) is 7.05 Å². The maximum absolute atomic E-state index is 11.6. The molecule has 0 amide bonds. The molecule has 90 valence electrons. The van der Waals surface area contributed by atoms with Crippen LogP contribution >= 0.6 is 15.9 Å². The van der Waals surface area contributed by atoms with Gasteiger partial charge in [-0.1, -0.05) is 0 Å². The van der Waals surface area contributed by atoms with Crippen LogP contribution in [-0.2, 0) is 11.8 Å². The quantitative estimate of drug-likeness (QED) is 0.760. The minimum Gasteiger partial charge on any atom is -0.380 e. The Morgan fingerprint density at radius 3 is 2.94 bits per heavy atom. The van der Waals surface area contributed by atoms with Gasteiger partial charge in [-0.25, -0.2) is 4.68 Å². The van der Waals surface area contributed by atoms with Gasteiger partial charge in [-0.3, -0.25) is 4.79 Å². The summed E-state index contributed by atoms with van der Waals surface area (Å²) >= 11 is 3.28. The first-order valence-electron chi connectivity index (χ1n) is 5.08. The molecule has 0 aromatic carbocycles. The molecule has 6 heteroatoms. The normalized spacial score (nSPS) is 10.5. The van der Waals surface area contributed by atoms with E-state index in [2.05, 4.69) is 21.0 Å². The number of halogens is 1. The third-order valence-corrected chi connectivity index (χ3v) is 2.99. The number of aryl methyl sites for hydroxylation is 1. The zero-order valence-corrected chi connectivity index (χ0v) is 11.3. The number of ether oxygens (including phenoxy) is 1. The lowest BCUT2D eigenvalue weighted by atomic mass is 10.4. The molecule has 0 spiro atoms. The van der Waals surface area contributed by atoms with E-state index in [4.69, 9.17) is 4.74 Å². The summed E-state index contributed by atoms with van der Waals surface area (Å²) in [5.41, 5.74) is 0.642. The summed E-state index contributed by atoms with van der Waals surface area (Å²) in [6, 6.07) is 0. The lowest BCUT2D eigenvalue weighted by molar-refractivity contribution is 0.154. The van der Waals surface area contributed by atoms with Crippen LogP contribution < -0.4 is 10.5 Å². The van der Waals surface area contributed by atoms with Crippen LogP contribution in [0.2, 0.25) is 0 Å². The van der Waals surface area contributed by atoms with Crippen molar-refractivity contribution < 1.29 is 4.74 Å². The lowest BCUT2D eigenvalue weighted by Gasteiger charge is -2.19. The molecule has 1 aromatic rings. The van der Waals surface area contributed by atoms with Crippen molar-refractivity contribution in [1.82, 2.24) is 9.78 Å². The zero-order chi connectivity index (χ0) is 12.1. The third-order valence-electron chi connectivity index (χ3n) is 2.25. The molecule has 1 aromatic heterocycles. The first-order valence-corrected chi connectivity index (χ1v) is 5.88. The molecule has 5 nitrogen and oxygen atoms in total. The van der Waals surface area contributed by atoms with Gasteiger partial charge in [0.05, 0.1) is 18.5 Å². The third kappa shape index (κ3) is 3.05. The van der Waals surface area contributed by atoms with Crippen LogP contribution in [0.5, 0.6) is 0 Å². The van der Waals surface area contributed by atoms with Gasteiger partial charge in [0.2, 0.25) is 0 Å². The smallest absolute Gasteiger partial charge is 0.282 e. The Morgan fingerprint density at radius 1 is 1.62 bits per heavy atom. The second-order valence-corrected chi connectivity index (χ2v) is 4.18. The topological polar surface area (TPSA) is 47.4 Å². The summed E-state index contributed by atoms with van der Waals surface area (Å²) in [6.45, 7) is 4.01. The van der Waals surface area contributed by atoms with E-state index >= 15 is 0 Å². The first kappa shape index (κ1) is 13.2. The zero-order valence-electron chi connectivity index (χ0n) is 9.73. The van der Waals surface area contributed by atoms with Crippen molar-refractivity contribution in [3.63, 3.8) is 0 Å². The fourth-order valence-corrected chi connectivity index (χ4v) is 1.90. The highest BCUT2D eigenvalue weighted by atomic mass is 79.9. The van der Waals surface area contributed by atoms with Crippen molar-refractivity contribution in [3.05, 3.63) is 21.0 Å². The van der Waals surface area contributed by atoms with E-state index < -0.39 is 0 Å². The van der Waals surface area contributed by atoms with Crippen molar-refractivity contribution >= 4 is 21.6 Å². The SMILES string of the molecule is CCOCCN(C)c1cnn(C)c(=O)c1Br. The van der Waals surface area contributed by atoms with Crippen LogP contribution in [-0.4, -0.2) is 36.6 Å². The van der Waals surface area contributed by atoms with Crippen molar-refractivity contribution in [2.45, 2.75) is 6.92 Å². The van der Waals surface area contributed by atoms with E-state index in [0.29, 0.717) is 17.7 Å². The van der Waals surface area contributed by atoms with Gasteiger partial charge in [0.1, 0.15) is 4.47 Å². The van der Waals surface area contributed by atoms with E-state index in [0.717, 1.165) is 12.2 Å². The molecule has 0 aliphatic carbocycles. The predicted molar refractivity (Wildman–Crippen MR) is 66.9 cm³/mol. The minimum absolute atomic E-state index is 0.138. The van der Waals surface area contributed by atoms with Gasteiger partial charge < -0.3 is 9.64 Å². The summed E-state index contributed by atoms with van der Waals surface area (Å²) in [5, 5.41) is 3.98. The number of likely N-dealkylation sites (N-methyl/N-ethyl adjacent to an activating group) is 1. The Hall–Kier alpha value is -0.880. The number of aromatic nitrogens is 2. The molecule has 0 N–H and O–H groups in total. The molecule has 0 saturated heterocycles. The summed E-state index contributed by atoms with van der Waals surface area (Å²) in [4.78, 5) is 13.6. The maximum Gasteiger partial charge on any atom is 0.282 e. The number of hydrogen-bond acceptors (Lipinski definition) is 4. The summed E-state index contributed by atoms with van der Waals surface area (Å²) in [6.07, 6.45) is 1.66. The van der Waals surface area contributed by atoms with E-state index in [9.17, 15) is 4.79 Å². The summed E-state index contributed by atoms with van der Waals surface area (Å²) in [5.74, 6) is 0. The second-order valence-electron chi connectivity index (χ2n) is 3.39. The molecule has 0 saturated carbocycles. The Morgan fingerprint density at radius 2 is 2.31 bits per heavy atom. The highest BCUT2D eigenvalue weighted by Gasteiger charge is 2.10. The van der Waals surface area contributed by atoms with Crippen molar-refractivity contribution in [3.8, 4) is 0 Å². The fourth-order valence-electron chi connectivity index (χ4n) is 1.23. The summed E-state index contributed by atoms with van der Waals surface area (Å²) < 4.78 is 7.09. The highest BCUT2D eigenvalue weighted by Crippen LogP contribution is 2.19. The second kappa shape index (κ2) is 6.00. The van der Waals surface area contributed by atoms with Gasteiger partial charge in [-0.05, 0) is 22.9 Å². The monoisotopic (exact) mass is 289 g/mol. The molecular weight excluding hydrogens is 274 g/mol. The van der Waals surface area contributed by atoms with Gasteiger partial charge >= 0.3 is 0 Å². The highest BCUT2D eigenvalue weighted by molar-refractivity contribution is 9.10. The largest absolute Gasteiger partial charge is 0.380 e. The molecule has 0 aliphatic heterocycles. The number of nitrogens with zero attached hydrogens (tertiary/aromatic N) is 3. The molecule has 16 heavy (non-hydrogen) atoms. The van der Waals surface area contributed by atoms with Crippen LogP contribution in [0.4, 0.5) is 5.69 Å². The van der Waals surface area contributed by atoms with E-state index in [1.807, 2.05) is 18.9 Å². The molecule has 0 aliphatic rings. The van der Waals surface area contributed by atoms with Gasteiger partial charge in [0.15, 0.2) is 0 Å². The van der Waals surface area contributed by atoms with Gasteiger partial charge in [-0.15, -0.1) is 0 Å². The number of anilines is 1. The van der Waals surface area contributed by atoms with Gasteiger partial charge in [-0.2, -0.15) is 5.10 Å². The van der Waals surface area contributed by atoms with E-state index in [-0.39, 0.29) is 5.56 Å². The molecule has 0 atom stereocenters. The van der Waals surface area contributed by atoms with Crippen LogP contribution in [0, 0.1) is 0 Å². The Balaban J connectivity index is 2.80. The minimum atomic E-state index is -0.138. The molecule has 0 radical (unpaired) electrons. The van der Waals surface area contributed by atoms with Crippen LogP contribution in [0.15, 0.2) is 15.5 Å². The average molecular weight is 290 g/mol. The molecule has 1 heterocycles. The van der Waals surface area contributed by atoms with Crippen molar-refractivity contribution in [2.75, 3.05) is 31.7 Å². The van der Waals surface area contributed by atoms with Crippen LogP contribution in [0.3, 0.4) is 0 Å². The Labute approximate surface area is 103 Å². The fraction of sp³-hybridized carbons (Fsp3) is 0.600.